The van der Waals surface area contributed by atoms with E-state index in [2.05, 4.69) is 16.5 Å². The van der Waals surface area contributed by atoms with Gasteiger partial charge >= 0.3 is 6.18 Å². The van der Waals surface area contributed by atoms with Crippen LogP contribution in [-0.4, -0.2) is 52.7 Å². The summed E-state index contributed by atoms with van der Waals surface area (Å²) in [5, 5.41) is 6.49. The third kappa shape index (κ3) is 6.15. The number of hydrogen-bond acceptors (Lipinski definition) is 4. The van der Waals surface area contributed by atoms with Gasteiger partial charge in [-0.25, -0.2) is 0 Å². The Hall–Kier alpha value is -3.04. The highest BCUT2D eigenvalue weighted by Crippen LogP contribution is 2.38. The first kappa shape index (κ1) is 25.1. The van der Waals surface area contributed by atoms with Gasteiger partial charge in [-0.05, 0) is 49.8 Å². The molecule has 10 heteroatoms. The van der Waals surface area contributed by atoms with Gasteiger partial charge in [0.2, 0.25) is 11.8 Å². The highest BCUT2D eigenvalue weighted by Gasteiger charge is 2.41. The third-order valence-electron chi connectivity index (χ3n) is 7.00. The highest BCUT2D eigenvalue weighted by molar-refractivity contribution is 5.83. The summed E-state index contributed by atoms with van der Waals surface area (Å²) in [7, 11) is 0. The van der Waals surface area contributed by atoms with Gasteiger partial charge in [0, 0.05) is 19.3 Å². The standard InChI is InChI=1S/C25H31F3N4O3/c26-25(27,28)21-9-14-32(30-21)18-22(33)31-15-11-24(12-16-31)10-5-1-2-6-19-7-3-4-8-20(19)35-17-13-29-23(24)34/h3-4,7-9,14H,1-2,5-6,10-13,15-18H2,(H,29,34). The lowest BCUT2D eigenvalue weighted by Crippen LogP contribution is -2.51. The van der Waals surface area contributed by atoms with E-state index in [1.807, 2.05) is 18.2 Å². The summed E-state index contributed by atoms with van der Waals surface area (Å²) in [6, 6.07) is 8.85. The Kier molecular flexibility index (Phi) is 7.66. The van der Waals surface area contributed by atoms with Gasteiger partial charge in [0.25, 0.3) is 0 Å². The molecule has 1 N–H and O–H groups in total. The van der Waals surface area contributed by atoms with Gasteiger partial charge in [0.05, 0.1) is 12.0 Å². The second kappa shape index (κ2) is 10.7. The number of alkyl halides is 3. The first-order valence-corrected chi connectivity index (χ1v) is 12.1. The van der Waals surface area contributed by atoms with E-state index in [1.54, 1.807) is 4.90 Å². The summed E-state index contributed by atoms with van der Waals surface area (Å²) < 4.78 is 45.2. The van der Waals surface area contributed by atoms with Crippen molar-refractivity contribution in [2.75, 3.05) is 26.2 Å². The molecule has 0 bridgehead atoms. The van der Waals surface area contributed by atoms with Gasteiger partial charge in [-0.1, -0.05) is 31.0 Å². The fourth-order valence-electron chi connectivity index (χ4n) is 4.93. The number of ether oxygens (including phenoxy) is 1. The van der Waals surface area contributed by atoms with Gasteiger partial charge in [0.1, 0.15) is 18.9 Å². The van der Waals surface area contributed by atoms with E-state index in [0.717, 1.165) is 54.8 Å². The summed E-state index contributed by atoms with van der Waals surface area (Å²) in [5.74, 6) is 0.553. The summed E-state index contributed by atoms with van der Waals surface area (Å²) in [6.45, 7) is 1.31. The molecule has 0 unspecified atom stereocenters. The third-order valence-corrected chi connectivity index (χ3v) is 7.00. The van der Waals surface area contributed by atoms with Crippen molar-refractivity contribution >= 4 is 11.8 Å². The van der Waals surface area contributed by atoms with E-state index in [9.17, 15) is 22.8 Å². The van der Waals surface area contributed by atoms with E-state index < -0.39 is 17.3 Å². The predicted molar refractivity (Wildman–Crippen MR) is 123 cm³/mol. The molecule has 1 saturated heterocycles. The van der Waals surface area contributed by atoms with Crippen molar-refractivity contribution in [3.63, 3.8) is 0 Å². The Balaban J connectivity index is 1.35. The number of hydrogen-bond donors (Lipinski definition) is 1. The summed E-state index contributed by atoms with van der Waals surface area (Å²) in [6.07, 6.45) is 2.26. The van der Waals surface area contributed by atoms with Crippen LogP contribution in [0, 0.1) is 5.41 Å². The van der Waals surface area contributed by atoms with Crippen molar-refractivity contribution in [3.05, 3.63) is 47.8 Å². The molecule has 0 saturated carbocycles. The number of fused-ring (bicyclic) bond motifs is 1. The number of rotatable bonds is 2. The predicted octanol–water partition coefficient (Wildman–Crippen LogP) is 3.82. The first-order chi connectivity index (χ1) is 16.8. The number of para-hydroxylation sites is 1. The largest absolute Gasteiger partial charge is 0.491 e. The second-order valence-corrected chi connectivity index (χ2v) is 9.33. The van der Waals surface area contributed by atoms with Crippen LogP contribution in [0.3, 0.4) is 0 Å². The number of amides is 2. The maximum Gasteiger partial charge on any atom is 0.435 e. The van der Waals surface area contributed by atoms with Crippen molar-refractivity contribution < 1.29 is 27.5 Å². The topological polar surface area (TPSA) is 76.5 Å². The molecule has 190 valence electrons. The number of aryl methyl sites for hydroxylation is 1. The van der Waals surface area contributed by atoms with Crippen molar-refractivity contribution in [3.8, 4) is 5.75 Å². The molecule has 0 radical (unpaired) electrons. The lowest BCUT2D eigenvalue weighted by atomic mass is 9.73. The molecule has 2 aliphatic heterocycles. The Morgan fingerprint density at radius 2 is 1.86 bits per heavy atom. The molecule has 1 spiro atoms. The Bertz CT molecular complexity index is 1030. The molecule has 2 aliphatic rings. The van der Waals surface area contributed by atoms with E-state index >= 15 is 0 Å². The van der Waals surface area contributed by atoms with Crippen molar-refractivity contribution in [2.24, 2.45) is 5.41 Å². The molecular weight excluding hydrogens is 461 g/mol. The lowest BCUT2D eigenvalue weighted by Gasteiger charge is -2.41. The van der Waals surface area contributed by atoms with Crippen LogP contribution in [0.2, 0.25) is 0 Å². The number of piperidine rings is 1. The van der Waals surface area contributed by atoms with Gasteiger partial charge < -0.3 is 15.0 Å². The number of benzene rings is 1. The average Bonchev–Trinajstić information content (AvgIpc) is 3.31. The average molecular weight is 493 g/mol. The Labute approximate surface area is 202 Å². The molecule has 0 atom stereocenters. The van der Waals surface area contributed by atoms with Crippen LogP contribution in [0.1, 0.15) is 49.8 Å². The van der Waals surface area contributed by atoms with Crippen LogP contribution in [0.15, 0.2) is 36.5 Å². The lowest BCUT2D eigenvalue weighted by molar-refractivity contribution is -0.143. The van der Waals surface area contributed by atoms with Gasteiger partial charge in [-0.2, -0.15) is 18.3 Å². The number of halogens is 3. The van der Waals surface area contributed by atoms with E-state index in [4.69, 9.17) is 4.74 Å². The molecule has 7 nitrogen and oxygen atoms in total. The van der Waals surface area contributed by atoms with Gasteiger partial charge in [0.15, 0.2) is 5.69 Å². The molecule has 1 fully saturated rings. The molecular formula is C25H31F3N4O3. The Morgan fingerprint density at radius 1 is 1.09 bits per heavy atom. The number of carbonyl (C=O) groups excluding carboxylic acids is 2. The number of likely N-dealkylation sites (tertiary alicyclic amines) is 1. The Morgan fingerprint density at radius 3 is 2.60 bits per heavy atom. The minimum atomic E-state index is -4.54. The van der Waals surface area contributed by atoms with Crippen LogP contribution < -0.4 is 10.1 Å². The summed E-state index contributed by atoms with van der Waals surface area (Å²) >= 11 is 0. The molecule has 0 aliphatic carbocycles. The molecule has 1 aromatic carbocycles. The fraction of sp³-hybridized carbons (Fsp3) is 0.560. The molecule has 2 aromatic rings. The van der Waals surface area contributed by atoms with Crippen molar-refractivity contribution in [2.45, 2.75) is 57.7 Å². The van der Waals surface area contributed by atoms with Crippen LogP contribution in [0.4, 0.5) is 13.2 Å². The zero-order valence-electron chi connectivity index (χ0n) is 19.6. The van der Waals surface area contributed by atoms with Crippen LogP contribution in [0.5, 0.6) is 5.75 Å². The van der Waals surface area contributed by atoms with E-state index in [1.165, 1.54) is 5.56 Å². The number of nitrogens with one attached hydrogen (secondary N) is 1. The number of aromatic nitrogens is 2. The fourth-order valence-corrected chi connectivity index (χ4v) is 4.93. The van der Waals surface area contributed by atoms with Crippen LogP contribution >= 0.6 is 0 Å². The molecule has 4 rings (SSSR count). The zero-order chi connectivity index (χ0) is 24.9. The zero-order valence-corrected chi connectivity index (χ0v) is 19.6. The summed E-state index contributed by atoms with van der Waals surface area (Å²) in [4.78, 5) is 27.5. The van der Waals surface area contributed by atoms with E-state index in [0.29, 0.717) is 39.1 Å². The normalized spacial score (nSPS) is 19.5. The molecule has 35 heavy (non-hydrogen) atoms. The number of nitrogens with zero attached hydrogens (tertiary/aromatic N) is 3. The SMILES string of the molecule is O=C(Cn1ccc(C(F)(F)F)n1)N1CCC2(CCCCCc3ccccc3OCCNC2=O)CC1. The van der Waals surface area contributed by atoms with Gasteiger partial charge in [-0.3, -0.25) is 14.3 Å². The quantitative estimate of drug-likeness (QED) is 0.692. The second-order valence-electron chi connectivity index (χ2n) is 9.33. The molecule has 2 amide bonds. The molecule has 1 aromatic heterocycles. The van der Waals surface area contributed by atoms with Crippen LogP contribution in [-0.2, 0) is 28.7 Å². The maximum atomic E-state index is 13.2. The minimum Gasteiger partial charge on any atom is -0.491 e. The van der Waals surface area contributed by atoms with Crippen molar-refractivity contribution in [1.29, 1.82) is 0 Å². The minimum absolute atomic E-state index is 0.0115. The maximum absolute atomic E-state index is 13.2. The van der Waals surface area contributed by atoms with Crippen LogP contribution in [0.25, 0.3) is 0 Å². The van der Waals surface area contributed by atoms with E-state index in [-0.39, 0.29) is 18.4 Å². The van der Waals surface area contributed by atoms with Gasteiger partial charge in [-0.15, -0.1) is 0 Å². The monoisotopic (exact) mass is 492 g/mol. The number of carbonyl (C=O) groups is 2. The first-order valence-electron chi connectivity index (χ1n) is 12.1. The smallest absolute Gasteiger partial charge is 0.435 e. The highest BCUT2D eigenvalue weighted by atomic mass is 19.4. The van der Waals surface area contributed by atoms with Crippen molar-refractivity contribution in [1.82, 2.24) is 20.0 Å². The molecule has 3 heterocycles. The summed E-state index contributed by atoms with van der Waals surface area (Å²) in [5.41, 5.74) is -0.387.